The Balaban J connectivity index is 3.23. The fourth-order valence-electron chi connectivity index (χ4n) is 1.28. The smallest absolute Gasteiger partial charge is 0.341 e. The summed E-state index contributed by atoms with van der Waals surface area (Å²) in [6.07, 6.45) is 0. The second kappa shape index (κ2) is 5.16. The van der Waals surface area contributed by atoms with Gasteiger partial charge in [0.1, 0.15) is 0 Å². The van der Waals surface area contributed by atoms with Gasteiger partial charge in [-0.05, 0) is 19.1 Å². The van der Waals surface area contributed by atoms with Crippen LogP contribution in [0.4, 0.5) is 5.69 Å². The molecule has 0 heterocycles. The molecule has 0 atom stereocenters. The number of methoxy groups -OCH3 is 1. The van der Waals surface area contributed by atoms with Crippen molar-refractivity contribution >= 4 is 17.6 Å². The van der Waals surface area contributed by atoms with Gasteiger partial charge in [0.15, 0.2) is 0 Å². The summed E-state index contributed by atoms with van der Waals surface area (Å²) in [5.41, 5.74) is 6.00. The van der Waals surface area contributed by atoms with Gasteiger partial charge in [0, 0.05) is 5.69 Å². The van der Waals surface area contributed by atoms with Gasteiger partial charge >= 0.3 is 11.9 Å². The summed E-state index contributed by atoms with van der Waals surface area (Å²) in [6, 6.07) is 4.57. The van der Waals surface area contributed by atoms with E-state index >= 15 is 0 Å². The zero-order valence-corrected chi connectivity index (χ0v) is 9.15. The molecule has 0 radical (unpaired) electrons. The minimum absolute atomic E-state index is 0.0520. The average molecular weight is 223 g/mol. The Labute approximate surface area is 93.1 Å². The molecule has 0 fully saturated rings. The van der Waals surface area contributed by atoms with Crippen LogP contribution in [0.25, 0.3) is 0 Å². The van der Waals surface area contributed by atoms with E-state index in [0.29, 0.717) is 0 Å². The maximum atomic E-state index is 11.6. The third-order valence-corrected chi connectivity index (χ3v) is 1.98. The molecule has 0 amide bonds. The Kier molecular flexibility index (Phi) is 3.88. The highest BCUT2D eigenvalue weighted by Gasteiger charge is 2.21. The molecule has 1 aromatic rings. The first-order chi connectivity index (χ1) is 7.61. The number of hydrogen-bond donors (Lipinski definition) is 1. The first-order valence-corrected chi connectivity index (χ1v) is 4.75. The lowest BCUT2D eigenvalue weighted by Crippen LogP contribution is -2.15. The number of ether oxygens (including phenoxy) is 2. The van der Waals surface area contributed by atoms with E-state index in [4.69, 9.17) is 10.5 Å². The molecule has 0 aliphatic rings. The van der Waals surface area contributed by atoms with Crippen LogP contribution in [0, 0.1) is 0 Å². The third kappa shape index (κ3) is 2.31. The standard InChI is InChI=1S/C11H13NO4/c1-3-16-11(14)9-7(10(13)15-2)5-4-6-8(9)12/h4-6H,3,12H2,1-2H3. The number of anilines is 1. The maximum Gasteiger partial charge on any atom is 0.341 e. The Morgan fingerprint density at radius 3 is 2.56 bits per heavy atom. The van der Waals surface area contributed by atoms with E-state index in [0.717, 1.165) is 0 Å². The molecule has 0 aromatic heterocycles. The van der Waals surface area contributed by atoms with Gasteiger partial charge in [0.2, 0.25) is 0 Å². The van der Waals surface area contributed by atoms with E-state index in [9.17, 15) is 9.59 Å². The number of hydrogen-bond acceptors (Lipinski definition) is 5. The van der Waals surface area contributed by atoms with Gasteiger partial charge in [-0.2, -0.15) is 0 Å². The van der Waals surface area contributed by atoms with Crippen LogP contribution < -0.4 is 5.73 Å². The van der Waals surface area contributed by atoms with Crippen LogP contribution in [0.5, 0.6) is 0 Å². The molecule has 5 heteroatoms. The van der Waals surface area contributed by atoms with Crippen molar-refractivity contribution in [2.24, 2.45) is 0 Å². The molecule has 0 saturated carbocycles. The normalized spacial score (nSPS) is 9.62. The first-order valence-electron chi connectivity index (χ1n) is 4.75. The largest absolute Gasteiger partial charge is 0.465 e. The molecule has 1 rings (SSSR count). The minimum atomic E-state index is -0.624. The van der Waals surface area contributed by atoms with Crippen molar-refractivity contribution in [3.63, 3.8) is 0 Å². The van der Waals surface area contributed by atoms with Crippen LogP contribution in [0.2, 0.25) is 0 Å². The lowest BCUT2D eigenvalue weighted by molar-refractivity contribution is 0.0505. The molecule has 0 saturated heterocycles. The summed E-state index contributed by atoms with van der Waals surface area (Å²) in [4.78, 5) is 23.0. The first kappa shape index (κ1) is 12.0. The predicted molar refractivity (Wildman–Crippen MR) is 58.2 cm³/mol. The van der Waals surface area contributed by atoms with Crippen LogP contribution >= 0.6 is 0 Å². The summed E-state index contributed by atoms with van der Waals surface area (Å²) in [5.74, 6) is -1.24. The Hall–Kier alpha value is -2.04. The summed E-state index contributed by atoms with van der Waals surface area (Å²) in [7, 11) is 1.24. The van der Waals surface area contributed by atoms with Crippen molar-refractivity contribution in [1.29, 1.82) is 0 Å². The van der Waals surface area contributed by atoms with Crippen molar-refractivity contribution in [3.8, 4) is 0 Å². The van der Waals surface area contributed by atoms with E-state index in [2.05, 4.69) is 4.74 Å². The number of carbonyl (C=O) groups is 2. The van der Waals surface area contributed by atoms with E-state index in [1.54, 1.807) is 13.0 Å². The number of esters is 2. The van der Waals surface area contributed by atoms with Gasteiger partial charge < -0.3 is 15.2 Å². The lowest BCUT2D eigenvalue weighted by Gasteiger charge is -2.09. The van der Waals surface area contributed by atoms with E-state index in [1.165, 1.54) is 19.2 Å². The molecule has 0 bridgehead atoms. The lowest BCUT2D eigenvalue weighted by atomic mass is 10.1. The number of carbonyl (C=O) groups excluding carboxylic acids is 2. The van der Waals surface area contributed by atoms with Crippen LogP contribution in [0.3, 0.4) is 0 Å². The summed E-state index contributed by atoms with van der Waals surface area (Å²) >= 11 is 0. The van der Waals surface area contributed by atoms with Crippen molar-refractivity contribution in [2.75, 3.05) is 19.5 Å². The monoisotopic (exact) mass is 223 g/mol. The molecule has 0 spiro atoms. The van der Waals surface area contributed by atoms with Gasteiger partial charge in [-0.3, -0.25) is 0 Å². The van der Waals surface area contributed by atoms with Gasteiger partial charge in [-0.15, -0.1) is 0 Å². The van der Waals surface area contributed by atoms with Crippen LogP contribution in [0.15, 0.2) is 18.2 Å². The average Bonchev–Trinajstić information content (AvgIpc) is 2.27. The van der Waals surface area contributed by atoms with Crippen molar-refractivity contribution in [3.05, 3.63) is 29.3 Å². The number of nitrogen functional groups attached to an aromatic ring is 1. The maximum absolute atomic E-state index is 11.6. The van der Waals surface area contributed by atoms with E-state index < -0.39 is 11.9 Å². The topological polar surface area (TPSA) is 78.6 Å². The van der Waals surface area contributed by atoms with Gasteiger partial charge in [0.05, 0.1) is 24.8 Å². The zero-order valence-electron chi connectivity index (χ0n) is 9.15. The SMILES string of the molecule is CCOC(=O)c1c(N)cccc1C(=O)OC. The van der Waals surface area contributed by atoms with Crippen molar-refractivity contribution in [2.45, 2.75) is 6.92 Å². The number of rotatable bonds is 3. The molecule has 86 valence electrons. The molecule has 0 aliphatic heterocycles. The quantitative estimate of drug-likeness (QED) is 0.616. The van der Waals surface area contributed by atoms with Gasteiger partial charge in [0.25, 0.3) is 0 Å². The molecular weight excluding hydrogens is 210 g/mol. The minimum Gasteiger partial charge on any atom is -0.465 e. The molecule has 5 nitrogen and oxygen atoms in total. The predicted octanol–water partition coefficient (Wildman–Crippen LogP) is 1.23. The summed E-state index contributed by atoms with van der Waals surface area (Å²) in [6.45, 7) is 1.89. The van der Waals surface area contributed by atoms with Gasteiger partial charge in [-0.25, -0.2) is 9.59 Å². The Bertz CT molecular complexity index is 414. The van der Waals surface area contributed by atoms with Crippen LogP contribution in [-0.4, -0.2) is 25.7 Å². The molecule has 0 unspecified atom stereocenters. The second-order valence-electron chi connectivity index (χ2n) is 2.98. The highest BCUT2D eigenvalue weighted by Crippen LogP contribution is 2.19. The van der Waals surface area contributed by atoms with Crippen LogP contribution in [-0.2, 0) is 9.47 Å². The zero-order chi connectivity index (χ0) is 12.1. The van der Waals surface area contributed by atoms with Crippen LogP contribution in [0.1, 0.15) is 27.6 Å². The molecule has 1 aromatic carbocycles. The van der Waals surface area contributed by atoms with Gasteiger partial charge in [-0.1, -0.05) is 6.07 Å². The highest BCUT2D eigenvalue weighted by molar-refractivity contribution is 6.06. The number of nitrogens with two attached hydrogens (primary N) is 1. The molecule has 16 heavy (non-hydrogen) atoms. The summed E-state index contributed by atoms with van der Waals surface area (Å²) in [5, 5.41) is 0. The fourth-order valence-corrected chi connectivity index (χ4v) is 1.28. The van der Waals surface area contributed by atoms with E-state index in [1.807, 2.05) is 0 Å². The summed E-state index contributed by atoms with van der Waals surface area (Å²) < 4.78 is 9.38. The third-order valence-electron chi connectivity index (χ3n) is 1.98. The van der Waals surface area contributed by atoms with Crippen molar-refractivity contribution in [1.82, 2.24) is 0 Å². The number of benzene rings is 1. The molecule has 0 aliphatic carbocycles. The van der Waals surface area contributed by atoms with Crippen molar-refractivity contribution < 1.29 is 19.1 Å². The highest BCUT2D eigenvalue weighted by atomic mass is 16.5. The molecule has 2 N–H and O–H groups in total. The fraction of sp³-hybridized carbons (Fsp3) is 0.273. The Morgan fingerprint density at radius 1 is 1.31 bits per heavy atom. The van der Waals surface area contributed by atoms with E-state index in [-0.39, 0.29) is 23.4 Å². The Morgan fingerprint density at radius 2 is 2.00 bits per heavy atom. The molecular formula is C11H13NO4. The second-order valence-corrected chi connectivity index (χ2v) is 2.98.